The lowest BCUT2D eigenvalue weighted by atomic mass is 9.94. The predicted octanol–water partition coefficient (Wildman–Crippen LogP) is 3.32. The van der Waals surface area contributed by atoms with Gasteiger partial charge in [0.25, 0.3) is 0 Å². The fourth-order valence-electron chi connectivity index (χ4n) is 2.31. The Labute approximate surface area is 109 Å². The van der Waals surface area contributed by atoms with Gasteiger partial charge in [-0.1, -0.05) is 29.8 Å². The quantitative estimate of drug-likeness (QED) is 0.890. The normalized spacial score (nSPS) is 12.4. The van der Waals surface area contributed by atoms with Crippen molar-refractivity contribution in [3.63, 3.8) is 0 Å². The Hall–Kier alpha value is -1.67. The van der Waals surface area contributed by atoms with E-state index in [9.17, 15) is 0 Å². The van der Waals surface area contributed by atoms with E-state index in [2.05, 4.69) is 55.3 Å². The Morgan fingerprint density at radius 2 is 1.83 bits per heavy atom. The van der Waals surface area contributed by atoms with Crippen molar-refractivity contribution in [1.29, 1.82) is 0 Å². The van der Waals surface area contributed by atoms with Crippen LogP contribution in [-0.2, 0) is 0 Å². The number of hydrogen-bond acceptors (Lipinski definition) is 2. The molecule has 2 aromatic rings. The molecule has 18 heavy (non-hydrogen) atoms. The highest BCUT2D eigenvalue weighted by molar-refractivity contribution is 5.39. The van der Waals surface area contributed by atoms with Gasteiger partial charge in [0.1, 0.15) is 0 Å². The van der Waals surface area contributed by atoms with Crippen LogP contribution in [0, 0.1) is 20.8 Å². The van der Waals surface area contributed by atoms with Crippen molar-refractivity contribution < 1.29 is 0 Å². The van der Waals surface area contributed by atoms with E-state index in [4.69, 9.17) is 0 Å². The van der Waals surface area contributed by atoms with E-state index in [1.165, 1.54) is 22.3 Å². The average Bonchev–Trinajstić information content (AvgIpc) is 2.36. The van der Waals surface area contributed by atoms with E-state index in [1.807, 2.05) is 19.3 Å². The monoisotopic (exact) mass is 240 g/mol. The van der Waals surface area contributed by atoms with Gasteiger partial charge >= 0.3 is 0 Å². The summed E-state index contributed by atoms with van der Waals surface area (Å²) in [6, 6.07) is 10.8. The molecule has 0 aliphatic heterocycles. The maximum Gasteiger partial charge on any atom is 0.0754 e. The molecule has 2 heteroatoms. The third kappa shape index (κ3) is 2.44. The summed E-state index contributed by atoms with van der Waals surface area (Å²) in [7, 11) is 1.99. The molecular weight excluding hydrogens is 220 g/mol. The van der Waals surface area contributed by atoms with Crippen molar-refractivity contribution >= 4 is 0 Å². The largest absolute Gasteiger partial charge is 0.308 e. The van der Waals surface area contributed by atoms with Gasteiger partial charge in [0, 0.05) is 6.20 Å². The maximum absolute atomic E-state index is 4.53. The van der Waals surface area contributed by atoms with Crippen molar-refractivity contribution in [1.82, 2.24) is 10.3 Å². The van der Waals surface area contributed by atoms with Crippen LogP contribution in [0.25, 0.3) is 0 Å². The minimum atomic E-state index is 0.158. The minimum Gasteiger partial charge on any atom is -0.308 e. The van der Waals surface area contributed by atoms with Crippen molar-refractivity contribution in [2.24, 2.45) is 0 Å². The molecule has 2 nitrogen and oxygen atoms in total. The number of aromatic nitrogens is 1. The fourth-order valence-corrected chi connectivity index (χ4v) is 2.31. The number of nitrogens with zero attached hydrogens (tertiary/aromatic N) is 1. The molecule has 1 aromatic carbocycles. The summed E-state index contributed by atoms with van der Waals surface area (Å²) in [5.74, 6) is 0. The molecule has 0 aliphatic carbocycles. The van der Waals surface area contributed by atoms with Gasteiger partial charge in [0.2, 0.25) is 0 Å². The van der Waals surface area contributed by atoms with Gasteiger partial charge in [-0.25, -0.2) is 0 Å². The highest BCUT2D eigenvalue weighted by atomic mass is 14.9. The summed E-state index contributed by atoms with van der Waals surface area (Å²) in [6.45, 7) is 6.39. The van der Waals surface area contributed by atoms with Gasteiger partial charge in [-0.2, -0.15) is 0 Å². The van der Waals surface area contributed by atoms with Crippen molar-refractivity contribution in [3.05, 3.63) is 64.5 Å². The van der Waals surface area contributed by atoms with Crippen molar-refractivity contribution in [2.45, 2.75) is 26.8 Å². The van der Waals surface area contributed by atoms with E-state index in [0.29, 0.717) is 0 Å². The number of aryl methyl sites for hydroxylation is 3. The van der Waals surface area contributed by atoms with Gasteiger partial charge in [-0.3, -0.25) is 4.98 Å². The number of benzene rings is 1. The average molecular weight is 240 g/mol. The maximum atomic E-state index is 4.53. The van der Waals surface area contributed by atoms with E-state index in [0.717, 1.165) is 5.69 Å². The fraction of sp³-hybridized carbons (Fsp3) is 0.312. The van der Waals surface area contributed by atoms with Crippen LogP contribution in [0.5, 0.6) is 0 Å². The number of pyridine rings is 1. The highest BCUT2D eigenvalue weighted by Crippen LogP contribution is 2.26. The summed E-state index contributed by atoms with van der Waals surface area (Å²) >= 11 is 0. The van der Waals surface area contributed by atoms with Gasteiger partial charge < -0.3 is 5.32 Å². The van der Waals surface area contributed by atoms with Gasteiger partial charge in [-0.15, -0.1) is 0 Å². The SMILES string of the molecule is CNC(c1cc(C)ccc1C)c1ncccc1C. The summed E-state index contributed by atoms with van der Waals surface area (Å²) in [4.78, 5) is 4.53. The smallest absolute Gasteiger partial charge is 0.0754 e. The van der Waals surface area contributed by atoms with Crippen LogP contribution >= 0.6 is 0 Å². The standard InChI is InChI=1S/C16H20N2/c1-11-7-8-12(2)14(10-11)16(17-4)15-13(3)6-5-9-18-15/h5-10,16-17H,1-4H3. The molecule has 0 radical (unpaired) electrons. The predicted molar refractivity (Wildman–Crippen MR) is 75.8 cm³/mol. The molecule has 94 valence electrons. The third-order valence-electron chi connectivity index (χ3n) is 3.36. The molecule has 0 fully saturated rings. The molecule has 1 unspecified atom stereocenters. The summed E-state index contributed by atoms with van der Waals surface area (Å²) in [6.07, 6.45) is 1.86. The molecule has 0 spiro atoms. The Kier molecular flexibility index (Phi) is 3.78. The van der Waals surface area contributed by atoms with Crippen LogP contribution in [0.15, 0.2) is 36.5 Å². The topological polar surface area (TPSA) is 24.9 Å². The highest BCUT2D eigenvalue weighted by Gasteiger charge is 2.17. The van der Waals surface area contributed by atoms with Crippen LogP contribution in [0.3, 0.4) is 0 Å². The molecule has 0 amide bonds. The Morgan fingerprint density at radius 1 is 1.06 bits per heavy atom. The molecule has 0 bridgehead atoms. The van der Waals surface area contributed by atoms with Gasteiger partial charge in [0.05, 0.1) is 11.7 Å². The number of nitrogens with one attached hydrogen (secondary N) is 1. The Bertz CT molecular complexity index is 547. The van der Waals surface area contributed by atoms with Crippen LogP contribution in [0.2, 0.25) is 0 Å². The lowest BCUT2D eigenvalue weighted by Crippen LogP contribution is -2.21. The molecule has 2 rings (SSSR count). The van der Waals surface area contributed by atoms with Gasteiger partial charge in [-0.05, 0) is 50.6 Å². The second kappa shape index (κ2) is 5.32. The molecule has 1 aromatic heterocycles. The lowest BCUT2D eigenvalue weighted by molar-refractivity contribution is 0.661. The molecule has 1 N–H and O–H groups in total. The molecule has 0 saturated carbocycles. The zero-order chi connectivity index (χ0) is 13.1. The van der Waals surface area contributed by atoms with Crippen molar-refractivity contribution in [2.75, 3.05) is 7.05 Å². The molecule has 1 atom stereocenters. The first-order valence-corrected chi connectivity index (χ1v) is 6.29. The summed E-state index contributed by atoms with van der Waals surface area (Å²) in [5.41, 5.74) is 6.21. The van der Waals surface area contributed by atoms with E-state index in [-0.39, 0.29) is 6.04 Å². The Balaban J connectivity index is 2.52. The minimum absolute atomic E-state index is 0.158. The first-order valence-electron chi connectivity index (χ1n) is 6.29. The molecular formula is C16H20N2. The van der Waals surface area contributed by atoms with Crippen LogP contribution in [0.1, 0.15) is 34.0 Å². The first kappa shape index (κ1) is 12.8. The summed E-state index contributed by atoms with van der Waals surface area (Å²) in [5, 5.41) is 3.38. The van der Waals surface area contributed by atoms with Crippen LogP contribution < -0.4 is 5.32 Å². The summed E-state index contributed by atoms with van der Waals surface area (Å²) < 4.78 is 0. The van der Waals surface area contributed by atoms with Crippen molar-refractivity contribution in [3.8, 4) is 0 Å². The van der Waals surface area contributed by atoms with E-state index < -0.39 is 0 Å². The van der Waals surface area contributed by atoms with Crippen LogP contribution in [0.4, 0.5) is 0 Å². The van der Waals surface area contributed by atoms with E-state index in [1.54, 1.807) is 0 Å². The zero-order valence-corrected chi connectivity index (χ0v) is 11.5. The second-order valence-electron chi connectivity index (χ2n) is 4.79. The number of hydrogen-bond donors (Lipinski definition) is 1. The Morgan fingerprint density at radius 3 is 2.50 bits per heavy atom. The first-order chi connectivity index (χ1) is 8.63. The van der Waals surface area contributed by atoms with E-state index >= 15 is 0 Å². The lowest BCUT2D eigenvalue weighted by Gasteiger charge is -2.20. The molecule has 0 saturated heterocycles. The van der Waals surface area contributed by atoms with Gasteiger partial charge in [0.15, 0.2) is 0 Å². The third-order valence-corrected chi connectivity index (χ3v) is 3.36. The molecule has 1 heterocycles. The molecule has 0 aliphatic rings. The van der Waals surface area contributed by atoms with Crippen LogP contribution in [-0.4, -0.2) is 12.0 Å². The zero-order valence-electron chi connectivity index (χ0n) is 11.5. The second-order valence-corrected chi connectivity index (χ2v) is 4.79. The number of rotatable bonds is 3.